The molecule has 0 radical (unpaired) electrons. The summed E-state index contributed by atoms with van der Waals surface area (Å²) in [7, 11) is 0. The third-order valence-electron chi connectivity index (χ3n) is 1.36. The molecule has 0 aliphatic carbocycles. The molecule has 23 heavy (non-hydrogen) atoms. The second kappa shape index (κ2) is 14.4. The maximum atomic E-state index is 11.2. The van der Waals surface area contributed by atoms with Gasteiger partial charge in [-0.05, 0) is 0 Å². The van der Waals surface area contributed by atoms with Crippen LogP contribution in [0.4, 0.5) is 0 Å². The molecule has 0 fully saturated rings. The fourth-order valence-electron chi connectivity index (χ4n) is 1.08. The minimum Gasteiger partial charge on any atom is -0.784 e. The van der Waals surface area contributed by atoms with E-state index in [1.165, 1.54) is 0 Å². The molecule has 0 N–H and O–H groups in total. The van der Waals surface area contributed by atoms with Crippen LogP contribution in [-0.2, 0) is 26.2 Å². The molecule has 0 atom stereocenters. The topological polar surface area (TPSA) is 80.3 Å². The van der Waals surface area contributed by atoms with Crippen molar-refractivity contribution in [2.45, 2.75) is 76.4 Å². The predicted molar refractivity (Wildman–Crippen MR) is 106 cm³/mol. The molecule has 11 heteroatoms. The molecule has 0 aromatic heterocycles. The Kier molecular flexibility index (Phi) is 18.8. The van der Waals surface area contributed by atoms with E-state index >= 15 is 0 Å². The molecule has 0 amide bonds. The molecule has 0 heterocycles. The van der Waals surface area contributed by atoms with Crippen molar-refractivity contribution in [3.8, 4) is 0 Å². The Hall–Kier alpha value is 2.30. The first kappa shape index (κ1) is 30.0. The summed E-state index contributed by atoms with van der Waals surface area (Å²) in [6.45, 7) is 15.1. The van der Waals surface area contributed by atoms with E-state index in [9.17, 15) is 18.9 Å². The smallest absolute Gasteiger partial charge is 0.784 e. The van der Waals surface area contributed by atoms with E-state index in [0.717, 1.165) is 45.5 Å². The molecule has 0 saturated heterocycles. The number of hydrogen-bond acceptors (Lipinski definition) is 8. The molecule has 0 aromatic rings. The van der Waals surface area contributed by atoms with Gasteiger partial charge in [0, 0.05) is 21.0 Å². The molecule has 142 valence electrons. The van der Waals surface area contributed by atoms with Crippen molar-refractivity contribution in [3.63, 3.8) is 0 Å². The van der Waals surface area contributed by atoms with Gasteiger partial charge in [0.2, 0.25) is 0 Å². The van der Waals surface area contributed by atoms with Gasteiger partial charge in [0.05, 0.1) is 0 Å². The van der Waals surface area contributed by atoms with E-state index in [1.807, 2.05) is 55.4 Å². The minimum atomic E-state index is -3.22. The maximum absolute atomic E-state index is 11.2. The van der Waals surface area contributed by atoms with Gasteiger partial charge >= 0.3 is 17.1 Å². The summed E-state index contributed by atoms with van der Waals surface area (Å²) in [5, 5.41) is 0.628. The van der Waals surface area contributed by atoms with E-state index in [4.69, 9.17) is 0 Å². The second-order valence-corrected chi connectivity index (χ2v) is 21.6. The van der Waals surface area contributed by atoms with Crippen LogP contribution in [0.5, 0.6) is 0 Å². The Morgan fingerprint density at radius 3 is 0.783 bits per heavy atom. The number of rotatable bonds is 8. The van der Waals surface area contributed by atoms with Crippen molar-refractivity contribution in [2.75, 3.05) is 0 Å². The van der Waals surface area contributed by atoms with Crippen LogP contribution in [0.3, 0.4) is 0 Å². The monoisotopic (exact) mass is 482 g/mol. The molecule has 0 unspecified atom stereocenters. The summed E-state index contributed by atoms with van der Waals surface area (Å²) in [6.07, 6.45) is 0. The van der Waals surface area contributed by atoms with Gasteiger partial charge in [0.15, 0.2) is 0 Å². The van der Waals surface area contributed by atoms with Gasteiger partial charge in [0.1, 0.15) is 11.5 Å². The summed E-state index contributed by atoms with van der Waals surface area (Å²) < 4.78 is 22.4. The molecule has 0 saturated carbocycles. The Bertz CT molecular complexity index is 331. The van der Waals surface area contributed by atoms with Crippen molar-refractivity contribution >= 4 is 57.1 Å². The van der Waals surface area contributed by atoms with Gasteiger partial charge in [0.25, 0.3) is 0 Å². The molecule has 0 spiro atoms. The van der Waals surface area contributed by atoms with Crippen LogP contribution in [-0.4, -0.2) is 21.0 Å². The Morgan fingerprint density at radius 2 is 0.696 bits per heavy atom. The van der Waals surface area contributed by atoms with E-state index in [1.54, 1.807) is 0 Å². The minimum absolute atomic E-state index is 0. The quantitative estimate of drug-likeness (QED) is 0.333. The fourth-order valence-corrected chi connectivity index (χ4v) is 16.8. The summed E-state index contributed by atoms with van der Waals surface area (Å²) in [6, 6.07) is 0. The Labute approximate surface area is 168 Å². The Balaban J connectivity index is -0.000000333. The van der Waals surface area contributed by atoms with Gasteiger partial charge in [-0.1, -0.05) is 101 Å². The van der Waals surface area contributed by atoms with Gasteiger partial charge < -0.3 is 18.9 Å². The van der Waals surface area contributed by atoms with Crippen LogP contribution < -0.4 is 9.79 Å². The zero-order chi connectivity index (χ0) is 18.1. The molecule has 0 rings (SSSR count). The van der Waals surface area contributed by atoms with Crippen LogP contribution in [0.1, 0.15) is 55.4 Å². The Morgan fingerprint density at radius 1 is 0.565 bits per heavy atom. The van der Waals surface area contributed by atoms with Crippen molar-refractivity contribution < 1.29 is 36.0 Å². The van der Waals surface area contributed by atoms with Crippen LogP contribution >= 0.6 is 57.1 Å². The average molecular weight is 482 g/mol. The molecular weight excluding hydrogens is 454 g/mol. The van der Waals surface area contributed by atoms with Crippen molar-refractivity contribution in [3.05, 3.63) is 0 Å². The molecule has 4 nitrogen and oxygen atoms in total. The van der Waals surface area contributed by atoms with Crippen molar-refractivity contribution in [2.24, 2.45) is 0 Å². The second-order valence-electron chi connectivity index (χ2n) is 5.51. The summed E-state index contributed by atoms with van der Waals surface area (Å²) in [5.41, 5.74) is 0. The van der Waals surface area contributed by atoms with Gasteiger partial charge in [-0.3, -0.25) is 0 Å². The standard InChI is InChI=1S/2C6H15O2PS2.Fe/c2*1-5(2)10-9(7,8)11-6(3)4;/h2*5-6H,1-4H3,(H,7,8);/q;;+2/p-2. The molecular formula is C12H28FeO4P2S4. The molecule has 0 bridgehead atoms. The first-order chi connectivity index (χ1) is 9.67. The molecule has 0 aliphatic heterocycles. The van der Waals surface area contributed by atoms with E-state index < -0.39 is 11.5 Å². The van der Waals surface area contributed by atoms with Crippen LogP contribution in [0.2, 0.25) is 0 Å². The normalized spacial score (nSPS) is 12.4. The third kappa shape index (κ3) is 24.3. The maximum Gasteiger partial charge on any atom is 2.00 e. The summed E-state index contributed by atoms with van der Waals surface area (Å²) >= 11 is 4.19. The zero-order valence-corrected chi connectivity index (χ0v) is 21.0. The van der Waals surface area contributed by atoms with E-state index in [2.05, 4.69) is 0 Å². The number of hydrogen-bond donors (Lipinski definition) is 0. The summed E-state index contributed by atoms with van der Waals surface area (Å²) in [4.78, 5) is 22.4. The first-order valence-electron chi connectivity index (χ1n) is 7.02. The van der Waals surface area contributed by atoms with E-state index in [-0.39, 0.29) is 38.1 Å². The van der Waals surface area contributed by atoms with Crippen LogP contribution in [0.25, 0.3) is 0 Å². The average Bonchev–Trinajstić information content (AvgIpc) is 2.06. The summed E-state index contributed by atoms with van der Waals surface area (Å²) in [5.74, 6) is -6.44. The predicted octanol–water partition coefficient (Wildman–Crippen LogP) is 5.47. The van der Waals surface area contributed by atoms with Crippen LogP contribution in [0.15, 0.2) is 0 Å². The van der Waals surface area contributed by atoms with Crippen molar-refractivity contribution in [1.29, 1.82) is 0 Å². The van der Waals surface area contributed by atoms with Crippen LogP contribution in [0, 0.1) is 0 Å². The SMILES string of the molecule is CC(C)SP(=O)([O-])SC(C)C.CC(C)SP(=O)([O-])SC(C)C.[Fe+2]. The first-order valence-corrected chi connectivity index (χ1v) is 16.2. The van der Waals surface area contributed by atoms with E-state index in [0.29, 0.717) is 0 Å². The molecule has 0 aromatic carbocycles. The largest absolute Gasteiger partial charge is 2.00 e. The zero-order valence-electron chi connectivity index (χ0n) is 14.8. The van der Waals surface area contributed by atoms with Gasteiger partial charge in [-0.15, -0.1) is 0 Å². The van der Waals surface area contributed by atoms with Gasteiger partial charge in [-0.25, -0.2) is 0 Å². The van der Waals surface area contributed by atoms with Crippen molar-refractivity contribution in [1.82, 2.24) is 0 Å². The van der Waals surface area contributed by atoms with Gasteiger partial charge in [-0.2, -0.15) is 0 Å². The fraction of sp³-hybridized carbons (Fsp3) is 1.00. The molecule has 0 aliphatic rings. The third-order valence-corrected chi connectivity index (χ3v) is 15.3.